The van der Waals surface area contributed by atoms with Crippen LogP contribution in [0.15, 0.2) is 16.5 Å². The number of ether oxygens (including phenoxy) is 1. The molecule has 4 heteroatoms. The van der Waals surface area contributed by atoms with Crippen LogP contribution in [0.2, 0.25) is 5.22 Å². The van der Waals surface area contributed by atoms with Crippen molar-refractivity contribution in [3.63, 3.8) is 0 Å². The van der Waals surface area contributed by atoms with E-state index >= 15 is 0 Å². The summed E-state index contributed by atoms with van der Waals surface area (Å²) in [6.45, 7) is 2.54. The first-order valence-electron chi connectivity index (χ1n) is 6.91. The van der Waals surface area contributed by atoms with Crippen LogP contribution in [0.4, 0.5) is 0 Å². The molecule has 1 saturated carbocycles. The third-order valence-corrected chi connectivity index (χ3v) is 3.53. The minimum atomic E-state index is 0.451. The fourth-order valence-corrected chi connectivity index (χ4v) is 2.50. The summed E-state index contributed by atoms with van der Waals surface area (Å²) >= 11 is 5.69. The number of furan rings is 1. The van der Waals surface area contributed by atoms with Gasteiger partial charge in [-0.25, -0.2) is 0 Å². The molecule has 0 aliphatic heterocycles. The Morgan fingerprint density at radius 3 is 2.83 bits per heavy atom. The van der Waals surface area contributed by atoms with Crippen molar-refractivity contribution >= 4 is 11.6 Å². The zero-order valence-corrected chi connectivity index (χ0v) is 11.5. The Kier molecular flexibility index (Phi) is 6.05. The minimum Gasteiger partial charge on any atom is -0.448 e. The highest BCUT2D eigenvalue weighted by atomic mass is 35.5. The van der Waals surface area contributed by atoms with E-state index in [2.05, 4.69) is 5.32 Å². The van der Waals surface area contributed by atoms with Crippen molar-refractivity contribution < 1.29 is 9.15 Å². The molecular weight excluding hydrogens is 250 g/mol. The van der Waals surface area contributed by atoms with Crippen molar-refractivity contribution in [2.75, 3.05) is 13.2 Å². The van der Waals surface area contributed by atoms with Gasteiger partial charge in [0.1, 0.15) is 5.76 Å². The zero-order valence-electron chi connectivity index (χ0n) is 10.8. The maximum Gasteiger partial charge on any atom is 0.193 e. The summed E-state index contributed by atoms with van der Waals surface area (Å²) in [5, 5.41) is 3.77. The van der Waals surface area contributed by atoms with Crippen molar-refractivity contribution in [3.8, 4) is 0 Å². The number of hydrogen-bond acceptors (Lipinski definition) is 3. The molecule has 0 amide bonds. The van der Waals surface area contributed by atoms with Gasteiger partial charge in [0.2, 0.25) is 0 Å². The van der Waals surface area contributed by atoms with E-state index in [1.807, 2.05) is 6.07 Å². The first-order valence-corrected chi connectivity index (χ1v) is 7.29. The lowest BCUT2D eigenvalue weighted by Crippen LogP contribution is -2.20. The second-order valence-electron chi connectivity index (χ2n) is 4.87. The molecule has 0 aromatic carbocycles. The zero-order chi connectivity index (χ0) is 12.6. The van der Waals surface area contributed by atoms with E-state index in [-0.39, 0.29) is 0 Å². The minimum absolute atomic E-state index is 0.451. The first kappa shape index (κ1) is 13.9. The van der Waals surface area contributed by atoms with Gasteiger partial charge in [-0.05, 0) is 49.5 Å². The third-order valence-electron chi connectivity index (χ3n) is 3.33. The van der Waals surface area contributed by atoms with Crippen LogP contribution in [0.5, 0.6) is 0 Å². The van der Waals surface area contributed by atoms with Gasteiger partial charge in [0.05, 0.1) is 12.6 Å². The summed E-state index contributed by atoms with van der Waals surface area (Å²) in [5.74, 6) is 0.883. The maximum absolute atomic E-state index is 5.85. The van der Waals surface area contributed by atoms with E-state index in [1.165, 1.54) is 32.1 Å². The molecule has 1 aliphatic rings. The van der Waals surface area contributed by atoms with E-state index in [4.69, 9.17) is 20.8 Å². The lowest BCUT2D eigenvalue weighted by Gasteiger charge is -2.21. The average molecular weight is 272 g/mol. The monoisotopic (exact) mass is 271 g/mol. The lowest BCUT2D eigenvalue weighted by molar-refractivity contribution is 0.0272. The molecule has 1 fully saturated rings. The average Bonchev–Trinajstić information content (AvgIpc) is 2.81. The molecule has 1 heterocycles. The summed E-state index contributed by atoms with van der Waals surface area (Å²) in [5.41, 5.74) is 0. The second-order valence-corrected chi connectivity index (χ2v) is 5.24. The van der Waals surface area contributed by atoms with Crippen LogP contribution >= 0.6 is 11.6 Å². The van der Waals surface area contributed by atoms with Crippen LogP contribution in [-0.2, 0) is 11.3 Å². The molecule has 2 rings (SSSR count). The Morgan fingerprint density at radius 1 is 1.28 bits per heavy atom. The Morgan fingerprint density at radius 2 is 2.11 bits per heavy atom. The van der Waals surface area contributed by atoms with Crippen molar-refractivity contribution in [3.05, 3.63) is 23.1 Å². The smallest absolute Gasteiger partial charge is 0.193 e. The van der Waals surface area contributed by atoms with Crippen molar-refractivity contribution in [2.24, 2.45) is 0 Å². The molecule has 18 heavy (non-hydrogen) atoms. The predicted molar refractivity (Wildman–Crippen MR) is 72.9 cm³/mol. The number of hydrogen-bond donors (Lipinski definition) is 1. The van der Waals surface area contributed by atoms with Gasteiger partial charge in [0, 0.05) is 6.61 Å². The van der Waals surface area contributed by atoms with E-state index in [1.54, 1.807) is 6.07 Å². The van der Waals surface area contributed by atoms with E-state index in [0.717, 1.165) is 31.9 Å². The first-order chi connectivity index (χ1) is 8.84. The van der Waals surface area contributed by atoms with Crippen LogP contribution in [-0.4, -0.2) is 19.3 Å². The molecule has 1 N–H and O–H groups in total. The fourth-order valence-electron chi connectivity index (χ4n) is 2.34. The Balaban J connectivity index is 1.46. The summed E-state index contributed by atoms with van der Waals surface area (Å²) in [4.78, 5) is 0. The lowest BCUT2D eigenvalue weighted by atomic mass is 9.98. The van der Waals surface area contributed by atoms with Crippen LogP contribution in [0, 0.1) is 0 Å². The highest BCUT2D eigenvalue weighted by molar-refractivity contribution is 6.28. The van der Waals surface area contributed by atoms with Crippen molar-refractivity contribution in [2.45, 2.75) is 51.2 Å². The van der Waals surface area contributed by atoms with E-state index < -0.39 is 0 Å². The topological polar surface area (TPSA) is 34.4 Å². The summed E-state index contributed by atoms with van der Waals surface area (Å²) in [6.07, 6.45) is 8.11. The Labute approximate surface area is 114 Å². The van der Waals surface area contributed by atoms with Gasteiger partial charge in [-0.3, -0.25) is 0 Å². The third kappa shape index (κ3) is 5.01. The van der Waals surface area contributed by atoms with Gasteiger partial charge in [0.15, 0.2) is 5.22 Å². The van der Waals surface area contributed by atoms with Gasteiger partial charge in [-0.15, -0.1) is 0 Å². The molecule has 0 radical (unpaired) electrons. The van der Waals surface area contributed by atoms with Gasteiger partial charge in [-0.2, -0.15) is 0 Å². The molecule has 0 saturated heterocycles. The van der Waals surface area contributed by atoms with Gasteiger partial charge < -0.3 is 14.5 Å². The number of nitrogens with one attached hydrogen (secondary N) is 1. The summed E-state index contributed by atoms with van der Waals surface area (Å²) < 4.78 is 11.1. The molecular formula is C14H22ClNO2. The van der Waals surface area contributed by atoms with Gasteiger partial charge >= 0.3 is 0 Å². The number of halogens is 1. The molecule has 3 nitrogen and oxygen atoms in total. The molecule has 0 bridgehead atoms. The van der Waals surface area contributed by atoms with Crippen LogP contribution < -0.4 is 5.32 Å². The Hall–Kier alpha value is -0.510. The molecule has 0 spiro atoms. The molecule has 102 valence electrons. The number of rotatable bonds is 7. The summed E-state index contributed by atoms with van der Waals surface area (Å²) in [7, 11) is 0. The molecule has 1 aromatic heterocycles. The SMILES string of the molecule is Clc1ccc(CNCCCOC2CCCCC2)o1. The van der Waals surface area contributed by atoms with Crippen LogP contribution in [0.1, 0.15) is 44.3 Å². The van der Waals surface area contributed by atoms with Crippen LogP contribution in [0.3, 0.4) is 0 Å². The maximum atomic E-state index is 5.85. The second kappa shape index (κ2) is 7.82. The standard InChI is InChI=1S/C14H22ClNO2/c15-14-8-7-13(18-14)11-16-9-4-10-17-12-5-2-1-3-6-12/h7-8,12,16H,1-6,9-11H2. The fraction of sp³-hybridized carbons (Fsp3) is 0.714. The molecule has 0 atom stereocenters. The van der Waals surface area contributed by atoms with Gasteiger partial charge in [-0.1, -0.05) is 19.3 Å². The van der Waals surface area contributed by atoms with Crippen molar-refractivity contribution in [1.82, 2.24) is 5.32 Å². The van der Waals surface area contributed by atoms with Crippen molar-refractivity contribution in [1.29, 1.82) is 0 Å². The van der Waals surface area contributed by atoms with E-state index in [9.17, 15) is 0 Å². The highest BCUT2D eigenvalue weighted by Gasteiger charge is 2.12. The quantitative estimate of drug-likeness (QED) is 0.767. The molecule has 1 aliphatic carbocycles. The van der Waals surface area contributed by atoms with Gasteiger partial charge in [0.25, 0.3) is 0 Å². The van der Waals surface area contributed by atoms with E-state index in [0.29, 0.717) is 11.3 Å². The van der Waals surface area contributed by atoms with Crippen LogP contribution in [0.25, 0.3) is 0 Å². The summed E-state index contributed by atoms with van der Waals surface area (Å²) in [6, 6.07) is 3.67. The predicted octanol–water partition coefficient (Wildman–Crippen LogP) is 3.76. The molecule has 0 unspecified atom stereocenters. The highest BCUT2D eigenvalue weighted by Crippen LogP contribution is 2.20. The Bertz CT molecular complexity index is 334. The molecule has 1 aromatic rings. The normalized spacial score (nSPS) is 17.2. The largest absolute Gasteiger partial charge is 0.448 e.